The molecule has 16 heavy (non-hydrogen) atoms. The van der Waals surface area contributed by atoms with Gasteiger partial charge in [0.05, 0.1) is 5.69 Å². The molecule has 5 heteroatoms. The molecular formula is C11H19ClN4. The van der Waals surface area contributed by atoms with Crippen LogP contribution in [0.2, 0.25) is 0 Å². The Hall–Kier alpha value is -0.870. The van der Waals surface area contributed by atoms with Crippen molar-refractivity contribution in [3.63, 3.8) is 0 Å². The van der Waals surface area contributed by atoms with Crippen LogP contribution in [-0.2, 0) is 0 Å². The van der Waals surface area contributed by atoms with Crippen molar-refractivity contribution < 1.29 is 0 Å². The van der Waals surface area contributed by atoms with Crippen LogP contribution in [0.15, 0.2) is 12.1 Å². The van der Waals surface area contributed by atoms with Crippen molar-refractivity contribution in [2.24, 2.45) is 0 Å². The van der Waals surface area contributed by atoms with Gasteiger partial charge in [-0.05, 0) is 38.4 Å². The van der Waals surface area contributed by atoms with Crippen LogP contribution in [0.3, 0.4) is 0 Å². The highest BCUT2D eigenvalue weighted by atomic mass is 35.5. The molecule has 4 nitrogen and oxygen atoms in total. The number of anilines is 1. The minimum Gasteiger partial charge on any atom is -0.357 e. The quantitative estimate of drug-likeness (QED) is 0.870. The Balaban J connectivity index is 0.00000128. The Labute approximate surface area is 103 Å². The summed E-state index contributed by atoms with van der Waals surface area (Å²) in [6.07, 6.45) is 2.56. The second-order valence-electron chi connectivity index (χ2n) is 4.21. The molecule has 0 saturated carbocycles. The van der Waals surface area contributed by atoms with Crippen molar-refractivity contribution in [3.05, 3.63) is 17.8 Å². The van der Waals surface area contributed by atoms with Crippen LogP contribution in [0.4, 0.5) is 5.82 Å². The van der Waals surface area contributed by atoms with Crippen molar-refractivity contribution in [3.8, 4) is 0 Å². The highest BCUT2D eigenvalue weighted by molar-refractivity contribution is 5.85. The third-order valence-electron chi connectivity index (χ3n) is 2.83. The van der Waals surface area contributed by atoms with Crippen LogP contribution in [0.1, 0.15) is 18.5 Å². The van der Waals surface area contributed by atoms with E-state index in [0.29, 0.717) is 6.04 Å². The molecule has 1 aliphatic heterocycles. The first-order valence-corrected chi connectivity index (χ1v) is 5.50. The van der Waals surface area contributed by atoms with E-state index < -0.39 is 0 Å². The van der Waals surface area contributed by atoms with E-state index in [4.69, 9.17) is 0 Å². The lowest BCUT2D eigenvalue weighted by Crippen LogP contribution is -2.35. The highest BCUT2D eigenvalue weighted by Crippen LogP contribution is 2.11. The minimum absolute atomic E-state index is 0. The van der Waals surface area contributed by atoms with Gasteiger partial charge in [0.15, 0.2) is 5.82 Å². The van der Waals surface area contributed by atoms with E-state index in [1.807, 2.05) is 19.1 Å². The number of aromatic nitrogens is 2. The maximum absolute atomic E-state index is 4.17. The van der Waals surface area contributed by atoms with E-state index in [1.54, 1.807) is 0 Å². The molecule has 0 amide bonds. The monoisotopic (exact) mass is 242 g/mol. The fraction of sp³-hybridized carbons (Fsp3) is 0.636. The Kier molecular flexibility index (Phi) is 4.96. The SMILES string of the molecule is Cc1ccc(N(C)CC2CCCN2)nn1.Cl. The molecule has 1 N–H and O–H groups in total. The third kappa shape index (κ3) is 3.32. The summed E-state index contributed by atoms with van der Waals surface area (Å²) in [6.45, 7) is 4.12. The van der Waals surface area contributed by atoms with Gasteiger partial charge in [-0.1, -0.05) is 0 Å². The number of likely N-dealkylation sites (N-methyl/N-ethyl adjacent to an activating group) is 1. The first-order chi connectivity index (χ1) is 7.25. The highest BCUT2D eigenvalue weighted by Gasteiger charge is 2.16. The molecule has 90 valence electrons. The van der Waals surface area contributed by atoms with E-state index in [9.17, 15) is 0 Å². The van der Waals surface area contributed by atoms with Crippen LogP contribution < -0.4 is 10.2 Å². The molecule has 1 fully saturated rings. The zero-order chi connectivity index (χ0) is 10.7. The molecule has 0 bridgehead atoms. The van der Waals surface area contributed by atoms with Gasteiger partial charge in [0.1, 0.15) is 0 Å². The molecule has 1 unspecified atom stereocenters. The summed E-state index contributed by atoms with van der Waals surface area (Å²) in [5, 5.41) is 11.7. The van der Waals surface area contributed by atoms with Crippen LogP contribution in [-0.4, -0.2) is 36.4 Å². The van der Waals surface area contributed by atoms with E-state index >= 15 is 0 Å². The Bertz CT molecular complexity index is 308. The van der Waals surface area contributed by atoms with E-state index in [2.05, 4.69) is 27.5 Å². The molecule has 1 aromatic rings. The molecule has 2 heterocycles. The van der Waals surface area contributed by atoms with Crippen LogP contribution in [0.25, 0.3) is 0 Å². The number of hydrogen-bond acceptors (Lipinski definition) is 4. The van der Waals surface area contributed by atoms with Crippen molar-refractivity contribution >= 4 is 18.2 Å². The maximum atomic E-state index is 4.17. The number of nitrogens with one attached hydrogen (secondary N) is 1. The standard InChI is InChI=1S/C11H18N4.ClH/c1-9-5-6-11(14-13-9)15(2)8-10-4-3-7-12-10;/h5-6,10,12H,3-4,7-8H2,1-2H3;1H. The van der Waals surface area contributed by atoms with Gasteiger partial charge in [-0.25, -0.2) is 0 Å². The second-order valence-corrected chi connectivity index (χ2v) is 4.21. The normalized spacial score (nSPS) is 19.2. The first-order valence-electron chi connectivity index (χ1n) is 5.50. The van der Waals surface area contributed by atoms with E-state index in [1.165, 1.54) is 12.8 Å². The molecule has 0 radical (unpaired) electrons. The number of hydrogen-bond donors (Lipinski definition) is 1. The van der Waals surface area contributed by atoms with Crippen LogP contribution in [0.5, 0.6) is 0 Å². The van der Waals surface area contributed by atoms with Crippen LogP contribution >= 0.6 is 12.4 Å². The summed E-state index contributed by atoms with van der Waals surface area (Å²) in [7, 11) is 2.07. The zero-order valence-corrected chi connectivity index (χ0v) is 10.6. The molecule has 0 aliphatic carbocycles. The number of rotatable bonds is 3. The summed E-state index contributed by atoms with van der Waals surface area (Å²) in [5.74, 6) is 0.953. The molecule has 1 saturated heterocycles. The second kappa shape index (κ2) is 6.01. The Morgan fingerprint density at radius 3 is 2.81 bits per heavy atom. The van der Waals surface area contributed by atoms with Gasteiger partial charge in [-0.3, -0.25) is 0 Å². The number of aryl methyl sites for hydroxylation is 1. The smallest absolute Gasteiger partial charge is 0.151 e. The van der Waals surface area contributed by atoms with Gasteiger partial charge >= 0.3 is 0 Å². The summed E-state index contributed by atoms with van der Waals surface area (Å²) in [4.78, 5) is 2.16. The fourth-order valence-electron chi connectivity index (χ4n) is 1.93. The number of nitrogens with zero attached hydrogens (tertiary/aromatic N) is 3. The van der Waals surface area contributed by atoms with Gasteiger partial charge in [-0.15, -0.1) is 17.5 Å². The van der Waals surface area contributed by atoms with E-state index in [0.717, 1.165) is 24.6 Å². The maximum Gasteiger partial charge on any atom is 0.151 e. The van der Waals surface area contributed by atoms with Crippen molar-refractivity contribution in [2.45, 2.75) is 25.8 Å². The van der Waals surface area contributed by atoms with Crippen LogP contribution in [0, 0.1) is 6.92 Å². The summed E-state index contributed by atoms with van der Waals surface area (Å²) in [5.41, 5.74) is 0.964. The molecule has 0 aromatic carbocycles. The van der Waals surface area contributed by atoms with Crippen molar-refractivity contribution in [2.75, 3.05) is 25.0 Å². The van der Waals surface area contributed by atoms with Gasteiger partial charge in [0, 0.05) is 19.6 Å². The van der Waals surface area contributed by atoms with Gasteiger partial charge in [-0.2, -0.15) is 5.10 Å². The predicted octanol–water partition coefficient (Wildman–Crippen LogP) is 1.40. The Morgan fingerprint density at radius 1 is 1.44 bits per heavy atom. The van der Waals surface area contributed by atoms with Gasteiger partial charge in [0.2, 0.25) is 0 Å². The van der Waals surface area contributed by atoms with Crippen molar-refractivity contribution in [1.82, 2.24) is 15.5 Å². The molecule has 1 aliphatic rings. The molecule has 2 rings (SSSR count). The van der Waals surface area contributed by atoms with Gasteiger partial charge < -0.3 is 10.2 Å². The fourth-order valence-corrected chi connectivity index (χ4v) is 1.93. The summed E-state index contributed by atoms with van der Waals surface area (Å²) in [6, 6.07) is 4.64. The summed E-state index contributed by atoms with van der Waals surface area (Å²) >= 11 is 0. The first kappa shape index (κ1) is 13.2. The molecule has 1 atom stereocenters. The topological polar surface area (TPSA) is 41.0 Å². The molecule has 0 spiro atoms. The van der Waals surface area contributed by atoms with E-state index in [-0.39, 0.29) is 12.4 Å². The third-order valence-corrected chi connectivity index (χ3v) is 2.83. The van der Waals surface area contributed by atoms with Gasteiger partial charge in [0.25, 0.3) is 0 Å². The lowest BCUT2D eigenvalue weighted by molar-refractivity contribution is 0.596. The largest absolute Gasteiger partial charge is 0.357 e. The zero-order valence-electron chi connectivity index (χ0n) is 9.81. The Morgan fingerprint density at radius 2 is 2.25 bits per heavy atom. The average Bonchev–Trinajstić information content (AvgIpc) is 2.71. The molecular weight excluding hydrogens is 224 g/mol. The predicted molar refractivity (Wildman–Crippen MR) is 68.3 cm³/mol. The summed E-state index contributed by atoms with van der Waals surface area (Å²) < 4.78 is 0. The molecule has 1 aromatic heterocycles. The lowest BCUT2D eigenvalue weighted by Gasteiger charge is -2.21. The lowest BCUT2D eigenvalue weighted by atomic mass is 10.2. The number of halogens is 1. The minimum atomic E-state index is 0. The van der Waals surface area contributed by atoms with Crippen molar-refractivity contribution in [1.29, 1.82) is 0 Å². The average molecular weight is 243 g/mol.